The van der Waals surface area contributed by atoms with Crippen LogP contribution in [-0.4, -0.2) is 0 Å². The van der Waals surface area contributed by atoms with Gasteiger partial charge in [-0.1, -0.05) is 212 Å². The molecule has 0 radical (unpaired) electrons. The fraction of sp³-hybridized carbons (Fsp3) is 0.0149. The van der Waals surface area contributed by atoms with Crippen LogP contribution in [0.4, 0.5) is 17.1 Å². The highest BCUT2D eigenvalue weighted by molar-refractivity contribution is 7.26. The van der Waals surface area contributed by atoms with E-state index in [0.717, 1.165) is 11.4 Å². The van der Waals surface area contributed by atoms with E-state index in [9.17, 15) is 0 Å². The van der Waals surface area contributed by atoms with Crippen LogP contribution in [0.3, 0.4) is 0 Å². The minimum Gasteiger partial charge on any atom is -0.310 e. The standard InChI is InChI=1S/C67H41NS/c1-2-17-50-48(15-1)49-16-3-4-18-51(49)59-41-46(39-40-52(50)59)68(45-37-35-43(36-38-45)42-31-33-44(34-32-42)47-23-13-25-58-56-22-8-12-30-64(56)69-66(47)58)63-29-14-24-57-55-21-7-11-28-62(55)67(65(57)63)60-26-9-5-19-53(60)54-20-6-10-27-61(54)67/h1-41H. The molecule has 1 spiro atoms. The van der Waals surface area contributed by atoms with E-state index in [1.165, 1.54) is 125 Å². The lowest BCUT2D eigenvalue weighted by molar-refractivity contribution is 0.793. The molecule has 0 saturated heterocycles. The molecule has 1 nitrogen and oxygen atoms in total. The Hall–Kier alpha value is -8.56. The van der Waals surface area contributed by atoms with Gasteiger partial charge in [0.2, 0.25) is 0 Å². The van der Waals surface area contributed by atoms with Gasteiger partial charge in [-0.25, -0.2) is 0 Å². The maximum Gasteiger partial charge on any atom is 0.0746 e. The summed E-state index contributed by atoms with van der Waals surface area (Å²) in [6.45, 7) is 0. The molecule has 0 saturated carbocycles. The molecule has 1 heterocycles. The molecule has 0 unspecified atom stereocenters. The molecule has 0 bridgehead atoms. The second kappa shape index (κ2) is 14.7. The third kappa shape index (κ3) is 5.41. The minimum absolute atomic E-state index is 0.518. The number of nitrogens with zero attached hydrogens (tertiary/aromatic N) is 1. The summed E-state index contributed by atoms with van der Waals surface area (Å²) < 4.78 is 2.67. The Labute approximate surface area is 404 Å². The average molecular weight is 892 g/mol. The molecule has 1 aromatic heterocycles. The molecule has 0 aliphatic heterocycles. The number of hydrogen-bond donors (Lipinski definition) is 0. The molecule has 0 fully saturated rings. The number of hydrogen-bond acceptors (Lipinski definition) is 2. The first kappa shape index (κ1) is 38.5. The van der Waals surface area contributed by atoms with E-state index in [-0.39, 0.29) is 0 Å². The van der Waals surface area contributed by atoms with Gasteiger partial charge in [0.05, 0.1) is 11.1 Å². The fourth-order valence-electron chi connectivity index (χ4n) is 12.4. The third-order valence-electron chi connectivity index (χ3n) is 15.3. The van der Waals surface area contributed by atoms with Crippen LogP contribution in [0.1, 0.15) is 22.3 Å². The number of benzene rings is 12. The lowest BCUT2D eigenvalue weighted by Gasteiger charge is -2.36. The maximum absolute atomic E-state index is 2.54. The van der Waals surface area contributed by atoms with Gasteiger partial charge in [-0.3, -0.25) is 0 Å². The van der Waals surface area contributed by atoms with Crippen molar-refractivity contribution in [1.82, 2.24) is 0 Å². The smallest absolute Gasteiger partial charge is 0.0746 e. The van der Waals surface area contributed by atoms with Crippen molar-refractivity contribution in [2.75, 3.05) is 4.90 Å². The Morgan fingerprint density at radius 3 is 1.36 bits per heavy atom. The van der Waals surface area contributed by atoms with E-state index < -0.39 is 5.41 Å². The summed E-state index contributed by atoms with van der Waals surface area (Å²) in [4.78, 5) is 2.54. The normalized spacial score (nSPS) is 13.0. The quantitative estimate of drug-likeness (QED) is 0.156. The van der Waals surface area contributed by atoms with Gasteiger partial charge in [0.25, 0.3) is 0 Å². The van der Waals surface area contributed by atoms with Gasteiger partial charge < -0.3 is 4.90 Å². The first-order valence-corrected chi connectivity index (χ1v) is 24.7. The van der Waals surface area contributed by atoms with Crippen LogP contribution in [0.5, 0.6) is 0 Å². The number of rotatable bonds is 5. The molecule has 320 valence electrons. The molecule has 2 heteroatoms. The summed E-state index contributed by atoms with van der Waals surface area (Å²) in [6.07, 6.45) is 0. The van der Waals surface area contributed by atoms with E-state index in [4.69, 9.17) is 0 Å². The molecular formula is C67H41NS. The predicted molar refractivity (Wildman–Crippen MR) is 294 cm³/mol. The zero-order chi connectivity index (χ0) is 45.2. The van der Waals surface area contributed by atoms with Crippen molar-refractivity contribution in [2.24, 2.45) is 0 Å². The van der Waals surface area contributed by atoms with Crippen molar-refractivity contribution in [3.63, 3.8) is 0 Å². The van der Waals surface area contributed by atoms with E-state index >= 15 is 0 Å². The summed E-state index contributed by atoms with van der Waals surface area (Å²) in [5, 5.41) is 10.2. The average Bonchev–Trinajstić information content (AvgIpc) is 4.06. The molecule has 69 heavy (non-hydrogen) atoms. The highest BCUT2D eigenvalue weighted by Gasteiger charge is 2.53. The Balaban J connectivity index is 0.936. The minimum atomic E-state index is -0.518. The molecule has 2 aliphatic rings. The monoisotopic (exact) mass is 891 g/mol. The predicted octanol–water partition coefficient (Wildman–Crippen LogP) is 18.7. The van der Waals surface area contributed by atoms with Crippen LogP contribution in [0.25, 0.3) is 97.0 Å². The summed E-state index contributed by atoms with van der Waals surface area (Å²) in [6, 6.07) is 93.1. The topological polar surface area (TPSA) is 3.24 Å². The van der Waals surface area contributed by atoms with Gasteiger partial charge in [0.15, 0.2) is 0 Å². The summed E-state index contributed by atoms with van der Waals surface area (Å²) >= 11 is 1.88. The first-order valence-electron chi connectivity index (χ1n) is 23.9. The molecular weight excluding hydrogens is 851 g/mol. The van der Waals surface area contributed by atoms with Crippen molar-refractivity contribution in [3.8, 4) is 44.5 Å². The molecule has 0 atom stereocenters. The summed E-state index contributed by atoms with van der Waals surface area (Å²) in [5.74, 6) is 0. The van der Waals surface area contributed by atoms with E-state index in [0.29, 0.717) is 0 Å². The van der Waals surface area contributed by atoms with E-state index in [2.05, 4.69) is 254 Å². The zero-order valence-electron chi connectivity index (χ0n) is 37.5. The number of anilines is 3. The molecule has 0 N–H and O–H groups in total. The van der Waals surface area contributed by atoms with Gasteiger partial charge in [-0.2, -0.15) is 0 Å². The van der Waals surface area contributed by atoms with Crippen LogP contribution >= 0.6 is 11.3 Å². The highest BCUT2D eigenvalue weighted by Crippen LogP contribution is 2.65. The van der Waals surface area contributed by atoms with Crippen LogP contribution in [0, 0.1) is 0 Å². The third-order valence-corrected chi connectivity index (χ3v) is 16.5. The molecule has 0 amide bonds. The molecule has 12 aromatic carbocycles. The fourth-order valence-corrected chi connectivity index (χ4v) is 13.6. The summed E-state index contributed by atoms with van der Waals surface area (Å²) in [5.41, 5.74) is 18.3. The molecule has 13 aromatic rings. The van der Waals surface area contributed by atoms with Gasteiger partial charge in [0.1, 0.15) is 0 Å². The molecule has 15 rings (SSSR count). The lowest BCUT2D eigenvalue weighted by atomic mass is 9.70. The van der Waals surface area contributed by atoms with E-state index in [1.54, 1.807) is 0 Å². The SMILES string of the molecule is c1ccc2c(c1)-c1ccccc1C21c2ccccc2-c2cccc(N(c3ccc(-c4ccc(-c5cccc6c5sc5ccccc56)cc4)cc3)c3ccc4c5ccccc5c5ccccc5c4c3)c21. The second-order valence-corrected chi connectivity index (χ2v) is 19.7. The van der Waals surface area contributed by atoms with Crippen LogP contribution in [0.15, 0.2) is 249 Å². The Morgan fingerprint density at radius 2 is 0.725 bits per heavy atom. The Morgan fingerprint density at radius 1 is 0.290 bits per heavy atom. The van der Waals surface area contributed by atoms with Crippen molar-refractivity contribution < 1.29 is 0 Å². The number of fused-ring (bicyclic) bond motifs is 19. The van der Waals surface area contributed by atoms with Crippen LogP contribution < -0.4 is 4.90 Å². The zero-order valence-corrected chi connectivity index (χ0v) is 38.3. The highest BCUT2D eigenvalue weighted by atomic mass is 32.1. The lowest BCUT2D eigenvalue weighted by Crippen LogP contribution is -2.28. The largest absolute Gasteiger partial charge is 0.310 e. The van der Waals surface area contributed by atoms with Gasteiger partial charge >= 0.3 is 0 Å². The van der Waals surface area contributed by atoms with Crippen molar-refractivity contribution >= 4 is 80.9 Å². The Bertz CT molecular complexity index is 4150. The van der Waals surface area contributed by atoms with Gasteiger partial charge in [-0.15, -0.1) is 11.3 Å². The van der Waals surface area contributed by atoms with Crippen LogP contribution in [0.2, 0.25) is 0 Å². The van der Waals surface area contributed by atoms with Crippen molar-refractivity contribution in [2.45, 2.75) is 5.41 Å². The van der Waals surface area contributed by atoms with Crippen molar-refractivity contribution in [1.29, 1.82) is 0 Å². The number of thiophene rings is 1. The Kier molecular flexibility index (Phi) is 8.22. The van der Waals surface area contributed by atoms with Crippen molar-refractivity contribution in [3.05, 3.63) is 271 Å². The van der Waals surface area contributed by atoms with E-state index in [1.807, 2.05) is 11.3 Å². The van der Waals surface area contributed by atoms with Gasteiger partial charge in [-0.05, 0) is 130 Å². The summed E-state index contributed by atoms with van der Waals surface area (Å²) in [7, 11) is 0. The first-order chi connectivity index (χ1) is 34.2. The van der Waals surface area contributed by atoms with Gasteiger partial charge in [0, 0.05) is 37.1 Å². The van der Waals surface area contributed by atoms with Crippen LogP contribution in [-0.2, 0) is 5.41 Å². The second-order valence-electron chi connectivity index (χ2n) is 18.6. The molecule has 2 aliphatic carbocycles. The maximum atomic E-state index is 2.54.